The Morgan fingerprint density at radius 2 is 2.11 bits per heavy atom. The van der Waals surface area contributed by atoms with Gasteiger partial charge in [-0.2, -0.15) is 0 Å². The van der Waals surface area contributed by atoms with E-state index in [1.54, 1.807) is 11.0 Å². The van der Waals surface area contributed by atoms with Crippen LogP contribution in [0.1, 0.15) is 34.3 Å². The predicted molar refractivity (Wildman–Crippen MR) is 71.6 cm³/mol. The van der Waals surface area contributed by atoms with Gasteiger partial charge in [-0.1, -0.05) is 6.07 Å². The first-order valence-corrected chi connectivity index (χ1v) is 6.67. The molecule has 0 bridgehead atoms. The van der Waals surface area contributed by atoms with Crippen molar-refractivity contribution in [3.05, 3.63) is 28.8 Å². The summed E-state index contributed by atoms with van der Waals surface area (Å²) in [5.41, 5.74) is 3.31. The summed E-state index contributed by atoms with van der Waals surface area (Å²) in [6.07, 6.45) is 2.04. The van der Waals surface area contributed by atoms with Crippen molar-refractivity contribution >= 4 is 17.4 Å². The van der Waals surface area contributed by atoms with Crippen molar-refractivity contribution in [1.82, 2.24) is 0 Å². The molecule has 0 aliphatic carbocycles. The van der Waals surface area contributed by atoms with Gasteiger partial charge in [0.15, 0.2) is 0 Å². The first-order valence-electron chi connectivity index (χ1n) is 6.67. The lowest BCUT2D eigenvalue weighted by atomic mass is 10.0. The maximum absolute atomic E-state index is 12.1. The summed E-state index contributed by atoms with van der Waals surface area (Å²) < 4.78 is 5.57. The number of amides is 1. The molecule has 1 aromatic carbocycles. The van der Waals surface area contributed by atoms with Gasteiger partial charge in [0, 0.05) is 6.61 Å². The van der Waals surface area contributed by atoms with E-state index in [1.165, 1.54) is 0 Å². The van der Waals surface area contributed by atoms with Crippen LogP contribution in [0.4, 0.5) is 5.69 Å². The molecule has 2 heterocycles. The Labute approximate surface area is 112 Å². The van der Waals surface area contributed by atoms with Crippen molar-refractivity contribution in [3.63, 3.8) is 0 Å². The van der Waals surface area contributed by atoms with Crippen LogP contribution in [0.5, 0.6) is 0 Å². The molecule has 0 N–H and O–H groups in total. The molecule has 4 nitrogen and oxygen atoms in total. The van der Waals surface area contributed by atoms with E-state index >= 15 is 0 Å². The van der Waals surface area contributed by atoms with Crippen molar-refractivity contribution in [2.45, 2.75) is 32.8 Å². The van der Waals surface area contributed by atoms with Crippen molar-refractivity contribution in [3.8, 4) is 0 Å². The van der Waals surface area contributed by atoms with Gasteiger partial charge >= 0.3 is 0 Å². The van der Waals surface area contributed by atoms with Crippen LogP contribution in [0.2, 0.25) is 0 Å². The fourth-order valence-corrected chi connectivity index (χ4v) is 3.00. The molecule has 1 atom stereocenters. The molecule has 2 aliphatic rings. The summed E-state index contributed by atoms with van der Waals surface area (Å²) >= 11 is 0. The van der Waals surface area contributed by atoms with Crippen LogP contribution in [0.25, 0.3) is 0 Å². The normalized spacial score (nSPS) is 22.2. The number of nitrogens with zero attached hydrogens (tertiary/aromatic N) is 1. The Kier molecular flexibility index (Phi) is 2.90. The summed E-state index contributed by atoms with van der Waals surface area (Å²) in [4.78, 5) is 25.8. The zero-order valence-electron chi connectivity index (χ0n) is 11.2. The predicted octanol–water partition coefficient (Wildman–Crippen LogP) is 2.01. The number of hydrogen-bond acceptors (Lipinski definition) is 3. The Bertz CT molecular complexity index is 559. The summed E-state index contributed by atoms with van der Waals surface area (Å²) in [5.74, 6) is -0.806. The second-order valence-electron chi connectivity index (χ2n) is 5.36. The van der Waals surface area contributed by atoms with Gasteiger partial charge in [-0.3, -0.25) is 9.59 Å². The maximum atomic E-state index is 12.1. The lowest BCUT2D eigenvalue weighted by Gasteiger charge is -2.22. The first-order chi connectivity index (χ1) is 9.08. The van der Waals surface area contributed by atoms with E-state index < -0.39 is 5.91 Å². The van der Waals surface area contributed by atoms with E-state index in [2.05, 4.69) is 0 Å². The number of carbonyl (C=O) groups is 2. The molecule has 19 heavy (non-hydrogen) atoms. The van der Waals surface area contributed by atoms with Crippen molar-refractivity contribution in [2.75, 3.05) is 18.1 Å². The molecule has 2 aliphatic heterocycles. The molecule has 1 fully saturated rings. The third-order valence-corrected chi connectivity index (χ3v) is 3.81. The first kappa shape index (κ1) is 12.4. The maximum Gasteiger partial charge on any atom is 0.299 e. The standard InChI is InChI=1S/C15H17NO3/c1-9-6-10(2)13-12(7-9)14(17)15(18)16(13)8-11-4-3-5-19-11/h6-7,11H,3-5,8H2,1-2H3. The number of aryl methyl sites for hydroxylation is 2. The third-order valence-electron chi connectivity index (χ3n) is 3.81. The average Bonchev–Trinajstić information content (AvgIpc) is 2.93. The minimum absolute atomic E-state index is 0.0587. The molecule has 1 aromatic rings. The minimum Gasteiger partial charge on any atom is -0.376 e. The number of fused-ring (bicyclic) bond motifs is 1. The second kappa shape index (κ2) is 4.46. The van der Waals surface area contributed by atoms with E-state index in [4.69, 9.17) is 4.74 Å². The number of ketones is 1. The number of hydrogen-bond donors (Lipinski definition) is 0. The molecule has 0 aromatic heterocycles. The number of ether oxygens (including phenoxy) is 1. The molecule has 0 spiro atoms. The molecule has 4 heteroatoms. The summed E-state index contributed by atoms with van der Waals surface area (Å²) in [7, 11) is 0. The van der Waals surface area contributed by atoms with Crippen LogP contribution in [0.3, 0.4) is 0 Å². The van der Waals surface area contributed by atoms with Gasteiger partial charge in [0.1, 0.15) is 0 Å². The van der Waals surface area contributed by atoms with Crippen LogP contribution in [0, 0.1) is 13.8 Å². The SMILES string of the molecule is Cc1cc(C)c2c(c1)C(=O)C(=O)N2CC1CCCO1. The van der Waals surface area contributed by atoms with E-state index in [1.807, 2.05) is 19.9 Å². The molecule has 1 saturated heterocycles. The van der Waals surface area contributed by atoms with Crippen LogP contribution >= 0.6 is 0 Å². The zero-order chi connectivity index (χ0) is 13.6. The fourth-order valence-electron chi connectivity index (χ4n) is 3.00. The van der Waals surface area contributed by atoms with E-state index in [9.17, 15) is 9.59 Å². The lowest BCUT2D eigenvalue weighted by Crippen LogP contribution is -2.36. The number of carbonyl (C=O) groups excluding carboxylic acids is 2. The highest BCUT2D eigenvalue weighted by atomic mass is 16.5. The highest BCUT2D eigenvalue weighted by molar-refractivity contribution is 6.52. The van der Waals surface area contributed by atoms with Gasteiger partial charge in [0.05, 0.1) is 23.9 Å². The van der Waals surface area contributed by atoms with Crippen LogP contribution < -0.4 is 4.90 Å². The largest absolute Gasteiger partial charge is 0.376 e. The van der Waals surface area contributed by atoms with E-state index in [0.29, 0.717) is 12.1 Å². The third kappa shape index (κ3) is 1.96. The van der Waals surface area contributed by atoms with Gasteiger partial charge in [-0.15, -0.1) is 0 Å². The Morgan fingerprint density at radius 1 is 1.32 bits per heavy atom. The molecule has 100 valence electrons. The van der Waals surface area contributed by atoms with Gasteiger partial charge < -0.3 is 9.64 Å². The van der Waals surface area contributed by atoms with Gasteiger partial charge in [-0.25, -0.2) is 0 Å². The summed E-state index contributed by atoms with van der Waals surface area (Å²) in [6.45, 7) is 5.12. The van der Waals surface area contributed by atoms with Crippen molar-refractivity contribution in [1.29, 1.82) is 0 Å². The number of anilines is 1. The quantitative estimate of drug-likeness (QED) is 0.763. The molecule has 0 radical (unpaired) electrons. The van der Waals surface area contributed by atoms with E-state index in [0.717, 1.165) is 36.3 Å². The number of Topliss-reactive ketones (excluding diaryl/α,β-unsaturated/α-hetero) is 1. The van der Waals surface area contributed by atoms with E-state index in [-0.39, 0.29) is 11.9 Å². The molecular formula is C15H17NO3. The van der Waals surface area contributed by atoms with Crippen LogP contribution in [-0.2, 0) is 9.53 Å². The molecule has 0 saturated carbocycles. The molecule has 1 amide bonds. The highest BCUT2D eigenvalue weighted by Crippen LogP contribution is 2.34. The van der Waals surface area contributed by atoms with Gasteiger partial charge in [0.25, 0.3) is 11.7 Å². The smallest absolute Gasteiger partial charge is 0.299 e. The monoisotopic (exact) mass is 259 g/mol. The van der Waals surface area contributed by atoms with Crippen LogP contribution in [0.15, 0.2) is 12.1 Å². The topological polar surface area (TPSA) is 46.6 Å². The minimum atomic E-state index is -0.417. The Morgan fingerprint density at radius 3 is 2.79 bits per heavy atom. The molecule has 3 rings (SSSR count). The summed E-state index contributed by atoms with van der Waals surface area (Å²) in [6, 6.07) is 3.81. The van der Waals surface area contributed by atoms with Crippen LogP contribution in [-0.4, -0.2) is 30.9 Å². The Balaban J connectivity index is 1.99. The second-order valence-corrected chi connectivity index (χ2v) is 5.36. The average molecular weight is 259 g/mol. The fraction of sp³-hybridized carbons (Fsp3) is 0.467. The van der Waals surface area contributed by atoms with Gasteiger partial charge in [0.2, 0.25) is 0 Å². The Hall–Kier alpha value is -1.68. The summed E-state index contributed by atoms with van der Waals surface area (Å²) in [5, 5.41) is 0. The molecule has 1 unspecified atom stereocenters. The molecular weight excluding hydrogens is 242 g/mol. The van der Waals surface area contributed by atoms with Crippen molar-refractivity contribution < 1.29 is 14.3 Å². The highest BCUT2D eigenvalue weighted by Gasteiger charge is 2.38. The van der Waals surface area contributed by atoms with Crippen molar-refractivity contribution in [2.24, 2.45) is 0 Å². The lowest BCUT2D eigenvalue weighted by molar-refractivity contribution is -0.114. The zero-order valence-corrected chi connectivity index (χ0v) is 11.2. The number of benzene rings is 1. The van der Waals surface area contributed by atoms with Gasteiger partial charge in [-0.05, 0) is 43.9 Å². The number of rotatable bonds is 2.